The summed E-state index contributed by atoms with van der Waals surface area (Å²) in [4.78, 5) is 13.0. The lowest BCUT2D eigenvalue weighted by atomic mass is 10.3. The number of nitriles is 1. The Hall–Kier alpha value is -0.880. The van der Waals surface area contributed by atoms with E-state index in [4.69, 9.17) is 5.26 Å². The van der Waals surface area contributed by atoms with Crippen molar-refractivity contribution in [3.05, 3.63) is 0 Å². The normalized spacial score (nSPS) is 15.8. The molecule has 1 aliphatic rings. The van der Waals surface area contributed by atoms with E-state index < -0.39 is 0 Å². The molecule has 0 radical (unpaired) electrons. The third-order valence-electron chi connectivity index (χ3n) is 2.33. The molecule has 1 aliphatic carbocycles. The summed E-state index contributed by atoms with van der Waals surface area (Å²) in [6.45, 7) is 3.28. The van der Waals surface area contributed by atoms with Gasteiger partial charge in [0.2, 0.25) is 0 Å². The summed E-state index contributed by atoms with van der Waals surface area (Å²) < 4.78 is 0. The molecule has 0 aromatic carbocycles. The van der Waals surface area contributed by atoms with Gasteiger partial charge in [0.25, 0.3) is 0 Å². The molecule has 0 atom stereocenters. The quantitative estimate of drug-likeness (QED) is 0.619. The van der Waals surface area contributed by atoms with E-state index >= 15 is 0 Å². The highest BCUT2D eigenvalue weighted by Gasteiger charge is 2.28. The number of hydrogen-bond donors (Lipinski definition) is 0. The second-order valence-corrected chi connectivity index (χ2v) is 3.63. The third-order valence-corrected chi connectivity index (χ3v) is 2.33. The van der Waals surface area contributed by atoms with Crippen LogP contribution in [0.25, 0.3) is 0 Å². The number of rotatable bonds is 6. The molecule has 72 valence electrons. The Labute approximate surface area is 79.3 Å². The molecule has 1 saturated carbocycles. The number of carbonyl (C=O) groups excluding carboxylic acids is 1. The minimum Gasteiger partial charge on any atom is -0.300 e. The van der Waals surface area contributed by atoms with Crippen molar-refractivity contribution in [2.24, 2.45) is 0 Å². The predicted molar refractivity (Wildman–Crippen MR) is 50.1 cm³/mol. The Morgan fingerprint density at radius 3 is 2.69 bits per heavy atom. The average Bonchev–Trinajstić information content (AvgIpc) is 2.87. The van der Waals surface area contributed by atoms with Gasteiger partial charge in [0.1, 0.15) is 5.78 Å². The van der Waals surface area contributed by atoms with Crippen LogP contribution in [-0.4, -0.2) is 29.8 Å². The zero-order valence-electron chi connectivity index (χ0n) is 8.12. The van der Waals surface area contributed by atoms with Gasteiger partial charge < -0.3 is 0 Å². The SMILES string of the molecule is CC(=O)CCN(CCC#N)C1CC1. The monoisotopic (exact) mass is 180 g/mol. The molecule has 0 amide bonds. The van der Waals surface area contributed by atoms with Crippen LogP contribution in [0.5, 0.6) is 0 Å². The molecule has 1 fully saturated rings. The Morgan fingerprint density at radius 1 is 1.54 bits per heavy atom. The third kappa shape index (κ3) is 4.05. The number of ketones is 1. The van der Waals surface area contributed by atoms with Crippen molar-refractivity contribution in [2.75, 3.05) is 13.1 Å². The summed E-state index contributed by atoms with van der Waals surface area (Å²) in [6, 6.07) is 2.80. The minimum atomic E-state index is 0.239. The van der Waals surface area contributed by atoms with Crippen molar-refractivity contribution >= 4 is 5.78 Å². The largest absolute Gasteiger partial charge is 0.300 e. The summed E-state index contributed by atoms with van der Waals surface area (Å²) in [7, 11) is 0. The average molecular weight is 180 g/mol. The summed E-state index contributed by atoms with van der Waals surface area (Å²) >= 11 is 0. The molecule has 1 rings (SSSR count). The Morgan fingerprint density at radius 2 is 2.23 bits per heavy atom. The van der Waals surface area contributed by atoms with E-state index in [0.717, 1.165) is 13.1 Å². The van der Waals surface area contributed by atoms with E-state index in [1.165, 1.54) is 12.8 Å². The van der Waals surface area contributed by atoms with Gasteiger partial charge >= 0.3 is 0 Å². The van der Waals surface area contributed by atoms with E-state index in [2.05, 4.69) is 11.0 Å². The van der Waals surface area contributed by atoms with Crippen LogP contribution in [0.1, 0.15) is 32.6 Å². The molecule has 0 aromatic rings. The first-order chi connectivity index (χ1) is 6.24. The zero-order valence-corrected chi connectivity index (χ0v) is 8.12. The first-order valence-electron chi connectivity index (χ1n) is 4.84. The van der Waals surface area contributed by atoms with Crippen molar-refractivity contribution < 1.29 is 4.79 Å². The van der Waals surface area contributed by atoms with Crippen LogP contribution < -0.4 is 0 Å². The van der Waals surface area contributed by atoms with Gasteiger partial charge in [-0.25, -0.2) is 0 Å². The number of hydrogen-bond acceptors (Lipinski definition) is 3. The molecule has 0 heterocycles. The topological polar surface area (TPSA) is 44.1 Å². The highest BCUT2D eigenvalue weighted by atomic mass is 16.1. The van der Waals surface area contributed by atoms with Crippen LogP contribution in [0, 0.1) is 11.3 Å². The van der Waals surface area contributed by atoms with Gasteiger partial charge in [-0.15, -0.1) is 0 Å². The molecule has 0 N–H and O–H groups in total. The Kier molecular flexibility index (Phi) is 3.91. The molecule has 0 saturated heterocycles. The molecule has 0 bridgehead atoms. The van der Waals surface area contributed by atoms with Crippen molar-refractivity contribution in [2.45, 2.75) is 38.6 Å². The first kappa shape index (κ1) is 10.2. The second-order valence-electron chi connectivity index (χ2n) is 3.63. The van der Waals surface area contributed by atoms with Crippen molar-refractivity contribution in [3.63, 3.8) is 0 Å². The second kappa shape index (κ2) is 4.98. The van der Waals surface area contributed by atoms with Crippen LogP contribution >= 0.6 is 0 Å². The highest BCUT2D eigenvalue weighted by molar-refractivity contribution is 5.75. The van der Waals surface area contributed by atoms with Crippen molar-refractivity contribution in [1.29, 1.82) is 5.26 Å². The summed E-state index contributed by atoms with van der Waals surface area (Å²) in [5.41, 5.74) is 0. The Balaban J connectivity index is 2.21. The molecular weight excluding hydrogens is 164 g/mol. The lowest BCUT2D eigenvalue weighted by molar-refractivity contribution is -0.117. The van der Waals surface area contributed by atoms with Gasteiger partial charge in [-0.1, -0.05) is 0 Å². The van der Waals surface area contributed by atoms with E-state index in [1.807, 2.05) is 0 Å². The standard InChI is InChI=1S/C10H16N2O/c1-9(13)5-8-12(7-2-6-11)10-3-4-10/h10H,2-5,7-8H2,1H3. The Bertz CT molecular complexity index is 215. The number of carbonyl (C=O) groups is 1. The highest BCUT2D eigenvalue weighted by Crippen LogP contribution is 2.26. The fraction of sp³-hybridized carbons (Fsp3) is 0.800. The van der Waals surface area contributed by atoms with E-state index in [-0.39, 0.29) is 5.78 Å². The van der Waals surface area contributed by atoms with Crippen LogP contribution in [0.15, 0.2) is 0 Å². The van der Waals surface area contributed by atoms with Crippen molar-refractivity contribution in [1.82, 2.24) is 4.90 Å². The van der Waals surface area contributed by atoms with Crippen LogP contribution in [0.3, 0.4) is 0 Å². The summed E-state index contributed by atoms with van der Waals surface area (Å²) in [6.07, 6.45) is 3.68. The number of Topliss-reactive ketones (excluding diaryl/α,β-unsaturated/α-hetero) is 1. The van der Waals surface area contributed by atoms with Gasteiger partial charge in [0, 0.05) is 32.0 Å². The molecule has 3 nitrogen and oxygen atoms in total. The fourth-order valence-electron chi connectivity index (χ4n) is 1.41. The van der Waals surface area contributed by atoms with Crippen LogP contribution in [0.2, 0.25) is 0 Å². The zero-order chi connectivity index (χ0) is 9.68. The smallest absolute Gasteiger partial charge is 0.131 e. The molecule has 0 aliphatic heterocycles. The van der Waals surface area contributed by atoms with Gasteiger partial charge in [0.15, 0.2) is 0 Å². The van der Waals surface area contributed by atoms with Crippen molar-refractivity contribution in [3.8, 4) is 6.07 Å². The summed E-state index contributed by atoms with van der Waals surface area (Å²) in [5.74, 6) is 0.239. The molecule has 0 unspecified atom stereocenters. The van der Waals surface area contributed by atoms with Gasteiger partial charge in [-0.3, -0.25) is 9.69 Å². The lowest BCUT2D eigenvalue weighted by Crippen LogP contribution is -2.29. The van der Waals surface area contributed by atoms with Gasteiger partial charge in [-0.2, -0.15) is 5.26 Å². The lowest BCUT2D eigenvalue weighted by Gasteiger charge is -2.19. The molecule has 3 heteroatoms. The molecule has 0 spiro atoms. The maximum Gasteiger partial charge on any atom is 0.131 e. The predicted octanol–water partition coefficient (Wildman–Crippen LogP) is 1.34. The maximum atomic E-state index is 10.8. The van der Waals surface area contributed by atoms with E-state index in [1.54, 1.807) is 6.92 Å². The van der Waals surface area contributed by atoms with E-state index in [0.29, 0.717) is 18.9 Å². The maximum absolute atomic E-state index is 10.8. The van der Waals surface area contributed by atoms with E-state index in [9.17, 15) is 4.79 Å². The first-order valence-corrected chi connectivity index (χ1v) is 4.84. The minimum absolute atomic E-state index is 0.239. The van der Waals surface area contributed by atoms with Gasteiger partial charge in [0.05, 0.1) is 6.07 Å². The summed E-state index contributed by atoms with van der Waals surface area (Å²) in [5, 5.41) is 8.45. The van der Waals surface area contributed by atoms with Crippen LogP contribution in [0.4, 0.5) is 0 Å². The number of nitrogens with zero attached hydrogens (tertiary/aromatic N) is 2. The molecule has 0 aromatic heterocycles. The molecular formula is C10H16N2O. The van der Waals surface area contributed by atoms with Gasteiger partial charge in [-0.05, 0) is 19.8 Å². The van der Waals surface area contributed by atoms with Crippen LogP contribution in [-0.2, 0) is 4.79 Å². The molecule has 13 heavy (non-hydrogen) atoms. The fourth-order valence-corrected chi connectivity index (χ4v) is 1.41.